The fourth-order valence-corrected chi connectivity index (χ4v) is 2.48. The second-order valence-corrected chi connectivity index (χ2v) is 5.15. The van der Waals surface area contributed by atoms with Gasteiger partial charge in [0.1, 0.15) is 11.9 Å². The molecule has 3 heterocycles. The largest absolute Gasteiger partial charge is 0.472 e. The fraction of sp³-hybridized carbons (Fsp3) is 0.400. The van der Waals surface area contributed by atoms with E-state index in [0.29, 0.717) is 30.6 Å². The Kier molecular flexibility index (Phi) is 3.60. The average molecular weight is 287 g/mol. The molecule has 0 aliphatic carbocycles. The van der Waals surface area contributed by atoms with E-state index in [1.54, 1.807) is 17.0 Å². The highest BCUT2D eigenvalue weighted by Gasteiger charge is 2.29. The van der Waals surface area contributed by atoms with Crippen molar-refractivity contribution in [1.82, 2.24) is 14.9 Å². The van der Waals surface area contributed by atoms with E-state index in [9.17, 15) is 4.79 Å². The summed E-state index contributed by atoms with van der Waals surface area (Å²) in [4.78, 5) is 22.4. The molecule has 0 saturated carbocycles. The highest BCUT2D eigenvalue weighted by Crippen LogP contribution is 2.19. The molecule has 0 unspecified atom stereocenters. The zero-order chi connectivity index (χ0) is 14.8. The number of carbonyl (C=O) groups is 1. The standard InChI is InChI=1S/C15H17N3O3/c1-10-8-14(17-11(2)16-10)21-12-5-6-18(9-12)15(19)13-4-3-7-20-13/h3-4,7-8,12H,5-6,9H2,1-2H3/t12-/m0/s1. The first-order valence-corrected chi connectivity index (χ1v) is 6.93. The number of carbonyl (C=O) groups excluding carboxylic acids is 1. The lowest BCUT2D eigenvalue weighted by atomic mass is 10.3. The number of furan rings is 1. The Morgan fingerprint density at radius 2 is 2.29 bits per heavy atom. The van der Waals surface area contributed by atoms with Crippen LogP contribution >= 0.6 is 0 Å². The number of hydrogen-bond donors (Lipinski definition) is 0. The number of likely N-dealkylation sites (tertiary alicyclic amines) is 1. The van der Waals surface area contributed by atoms with Gasteiger partial charge in [0.15, 0.2) is 5.76 Å². The van der Waals surface area contributed by atoms with Gasteiger partial charge in [-0.3, -0.25) is 4.79 Å². The van der Waals surface area contributed by atoms with Gasteiger partial charge in [0.2, 0.25) is 5.88 Å². The van der Waals surface area contributed by atoms with Crippen LogP contribution in [-0.4, -0.2) is 40.0 Å². The van der Waals surface area contributed by atoms with Crippen molar-refractivity contribution in [2.45, 2.75) is 26.4 Å². The van der Waals surface area contributed by atoms with Gasteiger partial charge in [0.05, 0.1) is 12.8 Å². The summed E-state index contributed by atoms with van der Waals surface area (Å²) in [5.74, 6) is 1.52. The molecule has 6 heteroatoms. The Morgan fingerprint density at radius 3 is 3.00 bits per heavy atom. The van der Waals surface area contributed by atoms with Gasteiger partial charge in [-0.25, -0.2) is 4.98 Å². The number of rotatable bonds is 3. The maximum Gasteiger partial charge on any atom is 0.289 e. The van der Waals surface area contributed by atoms with Gasteiger partial charge < -0.3 is 14.1 Å². The highest BCUT2D eigenvalue weighted by atomic mass is 16.5. The van der Waals surface area contributed by atoms with E-state index in [2.05, 4.69) is 9.97 Å². The minimum atomic E-state index is -0.0962. The molecule has 1 saturated heterocycles. The Balaban J connectivity index is 1.63. The van der Waals surface area contributed by atoms with E-state index in [1.165, 1.54) is 6.26 Å². The highest BCUT2D eigenvalue weighted by molar-refractivity contribution is 5.91. The second-order valence-electron chi connectivity index (χ2n) is 5.15. The van der Waals surface area contributed by atoms with Gasteiger partial charge in [-0.1, -0.05) is 0 Å². The van der Waals surface area contributed by atoms with Gasteiger partial charge in [-0.05, 0) is 26.0 Å². The summed E-state index contributed by atoms with van der Waals surface area (Å²) in [5, 5.41) is 0. The molecular formula is C15H17N3O3. The molecule has 0 spiro atoms. The zero-order valence-electron chi connectivity index (χ0n) is 12.1. The monoisotopic (exact) mass is 287 g/mol. The topological polar surface area (TPSA) is 68.5 Å². The van der Waals surface area contributed by atoms with Gasteiger partial charge in [0, 0.05) is 24.7 Å². The summed E-state index contributed by atoms with van der Waals surface area (Å²) in [7, 11) is 0. The maximum atomic E-state index is 12.2. The molecule has 21 heavy (non-hydrogen) atoms. The maximum absolute atomic E-state index is 12.2. The van der Waals surface area contributed by atoms with Crippen LogP contribution in [0.15, 0.2) is 28.9 Å². The van der Waals surface area contributed by atoms with Crippen LogP contribution in [0.3, 0.4) is 0 Å². The van der Waals surface area contributed by atoms with E-state index >= 15 is 0 Å². The third-order valence-corrected chi connectivity index (χ3v) is 3.39. The van der Waals surface area contributed by atoms with Crippen LogP contribution in [0.1, 0.15) is 28.5 Å². The van der Waals surface area contributed by atoms with Crippen molar-refractivity contribution in [2.75, 3.05) is 13.1 Å². The third-order valence-electron chi connectivity index (χ3n) is 3.39. The molecule has 3 rings (SSSR count). The Bertz CT molecular complexity index is 619. The molecule has 1 amide bonds. The Labute approximate surface area is 122 Å². The van der Waals surface area contributed by atoms with Gasteiger partial charge in [-0.2, -0.15) is 4.98 Å². The number of aromatic nitrogens is 2. The van der Waals surface area contributed by atoms with Gasteiger partial charge in [0.25, 0.3) is 5.91 Å². The molecule has 2 aromatic rings. The zero-order valence-corrected chi connectivity index (χ0v) is 12.1. The van der Waals surface area contributed by atoms with Crippen molar-refractivity contribution >= 4 is 5.91 Å². The summed E-state index contributed by atoms with van der Waals surface area (Å²) in [6.07, 6.45) is 2.25. The van der Waals surface area contributed by atoms with Crippen LogP contribution in [0.5, 0.6) is 5.88 Å². The first-order valence-electron chi connectivity index (χ1n) is 6.93. The molecule has 2 aromatic heterocycles. The molecule has 1 fully saturated rings. The first kappa shape index (κ1) is 13.6. The lowest BCUT2D eigenvalue weighted by Gasteiger charge is -2.16. The molecule has 1 aliphatic heterocycles. The molecule has 0 radical (unpaired) electrons. The van der Waals surface area contributed by atoms with Crippen molar-refractivity contribution in [3.8, 4) is 5.88 Å². The van der Waals surface area contributed by atoms with Gasteiger partial charge in [-0.15, -0.1) is 0 Å². The number of amides is 1. The van der Waals surface area contributed by atoms with Crippen LogP contribution in [0.4, 0.5) is 0 Å². The smallest absolute Gasteiger partial charge is 0.289 e. The predicted octanol–water partition coefficient (Wildman–Crippen LogP) is 1.98. The van der Waals surface area contributed by atoms with Crippen LogP contribution in [-0.2, 0) is 0 Å². The lowest BCUT2D eigenvalue weighted by molar-refractivity contribution is 0.0739. The number of ether oxygens (including phenoxy) is 1. The van der Waals surface area contributed by atoms with Crippen molar-refractivity contribution in [3.05, 3.63) is 41.7 Å². The molecule has 1 aliphatic rings. The van der Waals surface area contributed by atoms with Crippen LogP contribution in [0.25, 0.3) is 0 Å². The van der Waals surface area contributed by atoms with Crippen LogP contribution < -0.4 is 4.74 Å². The van der Waals surface area contributed by atoms with Gasteiger partial charge >= 0.3 is 0 Å². The Hall–Kier alpha value is -2.37. The number of hydrogen-bond acceptors (Lipinski definition) is 5. The quantitative estimate of drug-likeness (QED) is 0.863. The minimum absolute atomic E-state index is 0.0439. The summed E-state index contributed by atoms with van der Waals surface area (Å²) >= 11 is 0. The van der Waals surface area contributed by atoms with Crippen molar-refractivity contribution in [3.63, 3.8) is 0 Å². The van der Waals surface area contributed by atoms with E-state index < -0.39 is 0 Å². The lowest BCUT2D eigenvalue weighted by Crippen LogP contribution is -2.30. The van der Waals surface area contributed by atoms with E-state index in [1.807, 2.05) is 19.9 Å². The van der Waals surface area contributed by atoms with Crippen molar-refractivity contribution in [2.24, 2.45) is 0 Å². The van der Waals surface area contributed by atoms with Crippen LogP contribution in [0, 0.1) is 13.8 Å². The van der Waals surface area contributed by atoms with E-state index in [0.717, 1.165) is 12.1 Å². The Morgan fingerprint density at radius 1 is 1.43 bits per heavy atom. The van der Waals surface area contributed by atoms with Crippen molar-refractivity contribution < 1.29 is 13.9 Å². The number of nitrogens with zero attached hydrogens (tertiary/aromatic N) is 3. The summed E-state index contributed by atoms with van der Waals surface area (Å²) < 4.78 is 11.0. The summed E-state index contributed by atoms with van der Waals surface area (Å²) in [6.45, 7) is 4.94. The summed E-state index contributed by atoms with van der Waals surface area (Å²) in [5.41, 5.74) is 0.874. The SMILES string of the molecule is Cc1cc(O[C@H]2CCN(C(=O)c3ccco3)C2)nc(C)n1. The molecule has 0 aromatic carbocycles. The molecule has 0 N–H and O–H groups in total. The van der Waals surface area contributed by atoms with Crippen LogP contribution in [0.2, 0.25) is 0 Å². The normalized spacial score (nSPS) is 18.0. The average Bonchev–Trinajstić information content (AvgIpc) is 3.07. The van der Waals surface area contributed by atoms with E-state index in [-0.39, 0.29) is 12.0 Å². The molecular weight excluding hydrogens is 270 g/mol. The predicted molar refractivity (Wildman–Crippen MR) is 75.2 cm³/mol. The van der Waals surface area contributed by atoms with E-state index in [4.69, 9.17) is 9.15 Å². The molecule has 110 valence electrons. The molecule has 0 bridgehead atoms. The molecule has 1 atom stereocenters. The molecule has 6 nitrogen and oxygen atoms in total. The first-order chi connectivity index (χ1) is 10.1. The number of aryl methyl sites for hydroxylation is 2. The fourth-order valence-electron chi connectivity index (χ4n) is 2.48. The van der Waals surface area contributed by atoms with Crippen molar-refractivity contribution in [1.29, 1.82) is 0 Å². The minimum Gasteiger partial charge on any atom is -0.472 e. The second kappa shape index (κ2) is 5.55. The summed E-state index contributed by atoms with van der Waals surface area (Å²) in [6, 6.07) is 5.20. The third kappa shape index (κ3) is 3.04.